The lowest BCUT2D eigenvalue weighted by atomic mass is 10.1. The van der Waals surface area contributed by atoms with Crippen molar-refractivity contribution in [3.8, 4) is 6.07 Å². The lowest BCUT2D eigenvalue weighted by Crippen LogP contribution is -2.28. The lowest BCUT2D eigenvalue weighted by molar-refractivity contribution is -0.122. The molecule has 5 nitrogen and oxygen atoms in total. The monoisotopic (exact) mass is 397 g/mol. The maximum Gasteiger partial charge on any atom is 0.229 e. The molecule has 126 valence electrons. The van der Waals surface area contributed by atoms with Crippen molar-refractivity contribution >= 4 is 39.1 Å². The molecule has 2 aromatic carbocycles. The number of anilines is 2. The van der Waals surface area contributed by atoms with Crippen LogP contribution in [0.1, 0.15) is 17.5 Å². The molecule has 1 saturated heterocycles. The third-order valence-electron chi connectivity index (χ3n) is 4.21. The summed E-state index contributed by atoms with van der Waals surface area (Å²) in [6.45, 7) is 2.26. The molecule has 2 amide bonds. The summed E-state index contributed by atoms with van der Waals surface area (Å²) in [7, 11) is 0. The molecule has 3 rings (SSSR count). The van der Waals surface area contributed by atoms with Crippen LogP contribution < -0.4 is 10.2 Å². The summed E-state index contributed by atoms with van der Waals surface area (Å²) in [5.74, 6) is -0.696. The van der Waals surface area contributed by atoms with E-state index in [9.17, 15) is 9.59 Å². The Balaban J connectivity index is 1.72. The summed E-state index contributed by atoms with van der Waals surface area (Å²) in [5.41, 5.74) is 2.88. The highest BCUT2D eigenvalue weighted by Crippen LogP contribution is 2.27. The largest absolute Gasteiger partial charge is 0.326 e. The van der Waals surface area contributed by atoms with Crippen LogP contribution in [-0.2, 0) is 9.59 Å². The highest BCUT2D eigenvalue weighted by molar-refractivity contribution is 9.10. The van der Waals surface area contributed by atoms with Gasteiger partial charge < -0.3 is 10.2 Å². The van der Waals surface area contributed by atoms with Crippen molar-refractivity contribution in [1.29, 1.82) is 5.26 Å². The Morgan fingerprint density at radius 2 is 2.12 bits per heavy atom. The molecule has 25 heavy (non-hydrogen) atoms. The maximum atomic E-state index is 12.5. The first-order chi connectivity index (χ1) is 12.0. The molecule has 0 bridgehead atoms. The van der Waals surface area contributed by atoms with E-state index in [4.69, 9.17) is 5.26 Å². The Kier molecular flexibility index (Phi) is 4.86. The smallest absolute Gasteiger partial charge is 0.229 e. The molecule has 0 aliphatic carbocycles. The van der Waals surface area contributed by atoms with Gasteiger partial charge in [0, 0.05) is 28.8 Å². The number of amides is 2. The van der Waals surface area contributed by atoms with E-state index >= 15 is 0 Å². The molecule has 6 heteroatoms. The second kappa shape index (κ2) is 7.08. The topological polar surface area (TPSA) is 73.2 Å². The third kappa shape index (κ3) is 3.72. The highest BCUT2D eigenvalue weighted by Gasteiger charge is 2.35. The van der Waals surface area contributed by atoms with Gasteiger partial charge in [0.15, 0.2) is 0 Å². The first-order valence-corrected chi connectivity index (χ1v) is 8.65. The van der Waals surface area contributed by atoms with Crippen molar-refractivity contribution in [1.82, 2.24) is 0 Å². The van der Waals surface area contributed by atoms with Gasteiger partial charge in [-0.25, -0.2) is 0 Å². The predicted octanol–water partition coefficient (Wildman–Crippen LogP) is 3.62. The van der Waals surface area contributed by atoms with Gasteiger partial charge in [0.25, 0.3) is 0 Å². The SMILES string of the molecule is Cc1cc(NC(=O)C2CC(=O)N(c3cccc(C#N)c3)C2)ccc1Br. The minimum absolute atomic E-state index is 0.109. The number of aryl methyl sites for hydroxylation is 1. The second-order valence-corrected chi connectivity index (χ2v) is 6.88. The fourth-order valence-electron chi connectivity index (χ4n) is 2.84. The van der Waals surface area contributed by atoms with E-state index in [0.29, 0.717) is 23.5 Å². The Morgan fingerprint density at radius 1 is 1.32 bits per heavy atom. The number of carbonyl (C=O) groups excluding carboxylic acids is 2. The van der Waals surface area contributed by atoms with E-state index in [-0.39, 0.29) is 18.2 Å². The fraction of sp³-hybridized carbons (Fsp3) is 0.211. The molecule has 1 heterocycles. The van der Waals surface area contributed by atoms with Gasteiger partial charge in [-0.2, -0.15) is 5.26 Å². The fourth-order valence-corrected chi connectivity index (χ4v) is 3.09. The van der Waals surface area contributed by atoms with Crippen molar-refractivity contribution in [2.75, 3.05) is 16.8 Å². The summed E-state index contributed by atoms with van der Waals surface area (Å²) in [5, 5.41) is 11.9. The summed E-state index contributed by atoms with van der Waals surface area (Å²) in [6.07, 6.45) is 0.165. The van der Waals surface area contributed by atoms with E-state index in [1.54, 1.807) is 29.2 Å². The van der Waals surface area contributed by atoms with Crippen molar-refractivity contribution in [3.05, 3.63) is 58.1 Å². The number of nitrogens with one attached hydrogen (secondary N) is 1. The van der Waals surface area contributed by atoms with Crippen molar-refractivity contribution in [3.63, 3.8) is 0 Å². The molecular formula is C19H16BrN3O2. The van der Waals surface area contributed by atoms with E-state index < -0.39 is 5.92 Å². The second-order valence-electron chi connectivity index (χ2n) is 6.02. The van der Waals surface area contributed by atoms with Crippen LogP contribution in [0.15, 0.2) is 46.9 Å². The molecule has 0 aromatic heterocycles. The molecule has 1 unspecified atom stereocenters. The minimum Gasteiger partial charge on any atom is -0.326 e. The Bertz CT molecular complexity index is 888. The van der Waals surface area contributed by atoms with Gasteiger partial charge in [0.1, 0.15) is 0 Å². The zero-order chi connectivity index (χ0) is 18.0. The van der Waals surface area contributed by atoms with Crippen LogP contribution in [0, 0.1) is 24.2 Å². The molecule has 1 fully saturated rings. The zero-order valence-corrected chi connectivity index (χ0v) is 15.2. The van der Waals surface area contributed by atoms with E-state index in [1.165, 1.54) is 0 Å². The van der Waals surface area contributed by atoms with Crippen molar-refractivity contribution in [2.45, 2.75) is 13.3 Å². The first-order valence-electron chi connectivity index (χ1n) is 7.85. The number of nitrogens with zero attached hydrogens (tertiary/aromatic N) is 2. The van der Waals surface area contributed by atoms with Crippen LogP contribution in [0.5, 0.6) is 0 Å². The molecule has 1 N–H and O–H groups in total. The average Bonchev–Trinajstić information content (AvgIpc) is 3.00. The van der Waals surface area contributed by atoms with Crippen LogP contribution >= 0.6 is 15.9 Å². The Morgan fingerprint density at radius 3 is 2.84 bits per heavy atom. The summed E-state index contributed by atoms with van der Waals surface area (Å²) in [6, 6.07) is 14.5. The third-order valence-corrected chi connectivity index (χ3v) is 5.10. The van der Waals surface area contributed by atoms with Gasteiger partial charge in [-0.15, -0.1) is 0 Å². The molecular weight excluding hydrogens is 382 g/mol. The summed E-state index contributed by atoms with van der Waals surface area (Å²) >= 11 is 3.43. The number of halogens is 1. The lowest BCUT2D eigenvalue weighted by Gasteiger charge is -2.17. The van der Waals surface area contributed by atoms with Crippen LogP contribution in [0.3, 0.4) is 0 Å². The zero-order valence-electron chi connectivity index (χ0n) is 13.6. The van der Waals surface area contributed by atoms with Gasteiger partial charge in [-0.1, -0.05) is 22.0 Å². The van der Waals surface area contributed by atoms with Crippen LogP contribution in [-0.4, -0.2) is 18.4 Å². The molecule has 0 spiro atoms. The summed E-state index contributed by atoms with van der Waals surface area (Å²) < 4.78 is 0.977. The minimum atomic E-state index is -0.415. The number of rotatable bonds is 3. The number of benzene rings is 2. The summed E-state index contributed by atoms with van der Waals surface area (Å²) in [4.78, 5) is 26.4. The van der Waals surface area contributed by atoms with Crippen molar-refractivity contribution < 1.29 is 9.59 Å². The standard InChI is InChI=1S/C19H16BrN3O2/c1-12-7-15(5-6-17(12)20)22-19(25)14-9-18(24)23(11-14)16-4-2-3-13(8-16)10-21/h2-8,14H,9,11H2,1H3,(H,22,25). The first kappa shape index (κ1) is 17.2. The van der Waals surface area contributed by atoms with E-state index in [1.807, 2.05) is 25.1 Å². The highest BCUT2D eigenvalue weighted by atomic mass is 79.9. The molecule has 0 saturated carbocycles. The van der Waals surface area contributed by atoms with Gasteiger partial charge in [0.2, 0.25) is 11.8 Å². The van der Waals surface area contributed by atoms with Crippen LogP contribution in [0.2, 0.25) is 0 Å². The van der Waals surface area contributed by atoms with Gasteiger partial charge in [-0.05, 0) is 48.9 Å². The number of carbonyl (C=O) groups is 2. The van der Waals surface area contributed by atoms with Gasteiger partial charge in [-0.3, -0.25) is 9.59 Å². The Hall–Kier alpha value is -2.65. The van der Waals surface area contributed by atoms with E-state index in [2.05, 4.69) is 27.3 Å². The molecule has 1 aliphatic heterocycles. The number of hydrogen-bond acceptors (Lipinski definition) is 3. The molecule has 0 radical (unpaired) electrons. The van der Waals surface area contributed by atoms with E-state index in [0.717, 1.165) is 10.0 Å². The molecule has 1 atom stereocenters. The quantitative estimate of drug-likeness (QED) is 0.859. The Labute approximate surface area is 154 Å². The average molecular weight is 398 g/mol. The molecule has 2 aromatic rings. The van der Waals surface area contributed by atoms with Crippen molar-refractivity contribution in [2.24, 2.45) is 5.92 Å². The van der Waals surface area contributed by atoms with Crippen LogP contribution in [0.25, 0.3) is 0 Å². The maximum absolute atomic E-state index is 12.5. The van der Waals surface area contributed by atoms with Gasteiger partial charge in [0.05, 0.1) is 17.6 Å². The number of nitriles is 1. The van der Waals surface area contributed by atoms with Crippen LogP contribution in [0.4, 0.5) is 11.4 Å². The predicted molar refractivity (Wildman–Crippen MR) is 99.1 cm³/mol. The molecule has 1 aliphatic rings. The number of hydrogen-bond donors (Lipinski definition) is 1. The normalized spacial score (nSPS) is 16.6. The van der Waals surface area contributed by atoms with Gasteiger partial charge >= 0.3 is 0 Å².